The summed E-state index contributed by atoms with van der Waals surface area (Å²) < 4.78 is 0. The maximum Gasteiger partial charge on any atom is 0.217 e. The SMILES string of the molecule is NCC(=O)CCCCC(N)=O. The number of carbonyl (C=O) groups is 2. The third-order valence-corrected chi connectivity index (χ3v) is 1.36. The number of nitrogens with two attached hydrogens (primary N) is 2. The lowest BCUT2D eigenvalue weighted by molar-refractivity contribution is -0.119. The van der Waals surface area contributed by atoms with Crippen LogP contribution in [0.4, 0.5) is 0 Å². The van der Waals surface area contributed by atoms with Crippen LogP contribution in [0.15, 0.2) is 0 Å². The average Bonchev–Trinajstić information content (AvgIpc) is 1.97. The Morgan fingerprint density at radius 1 is 1.09 bits per heavy atom. The number of primary amides is 1. The molecule has 0 unspecified atom stereocenters. The molecule has 0 radical (unpaired) electrons. The number of ketones is 1. The van der Waals surface area contributed by atoms with Gasteiger partial charge in [0, 0.05) is 12.8 Å². The maximum atomic E-state index is 10.6. The summed E-state index contributed by atoms with van der Waals surface area (Å²) in [5.74, 6) is -0.278. The van der Waals surface area contributed by atoms with Crippen molar-refractivity contribution in [3.63, 3.8) is 0 Å². The summed E-state index contributed by atoms with van der Waals surface area (Å²) in [6.07, 6.45) is 2.21. The molecule has 0 bridgehead atoms. The molecule has 4 heteroatoms. The number of hydrogen-bond acceptors (Lipinski definition) is 3. The fraction of sp³-hybridized carbons (Fsp3) is 0.714. The molecule has 1 amide bonds. The lowest BCUT2D eigenvalue weighted by Gasteiger charge is -1.95. The molecule has 0 aliphatic heterocycles. The second kappa shape index (κ2) is 5.85. The average molecular weight is 158 g/mol. The Hall–Kier alpha value is -0.900. The predicted molar refractivity (Wildman–Crippen MR) is 41.7 cm³/mol. The smallest absolute Gasteiger partial charge is 0.217 e. The largest absolute Gasteiger partial charge is 0.370 e. The van der Waals surface area contributed by atoms with Gasteiger partial charge in [-0.2, -0.15) is 0 Å². The first kappa shape index (κ1) is 10.1. The van der Waals surface area contributed by atoms with Crippen molar-refractivity contribution in [2.45, 2.75) is 25.7 Å². The molecule has 0 saturated heterocycles. The molecule has 0 aromatic carbocycles. The van der Waals surface area contributed by atoms with E-state index in [1.165, 1.54) is 0 Å². The van der Waals surface area contributed by atoms with Crippen LogP contribution in [0.1, 0.15) is 25.7 Å². The van der Waals surface area contributed by atoms with E-state index in [-0.39, 0.29) is 18.2 Å². The van der Waals surface area contributed by atoms with Gasteiger partial charge in [-0.05, 0) is 12.8 Å². The summed E-state index contributed by atoms with van der Waals surface area (Å²) in [7, 11) is 0. The molecule has 0 saturated carbocycles. The number of Topliss-reactive ketones (excluding diaryl/α,β-unsaturated/α-hetero) is 1. The molecule has 0 aromatic heterocycles. The standard InChI is InChI=1S/C7H14N2O2/c8-5-6(10)3-1-2-4-7(9)11/h1-5,8H2,(H2,9,11). The molecule has 0 heterocycles. The fourth-order valence-corrected chi connectivity index (χ4v) is 0.723. The minimum absolute atomic E-state index is 0.0365. The van der Waals surface area contributed by atoms with Crippen molar-refractivity contribution in [1.29, 1.82) is 0 Å². The van der Waals surface area contributed by atoms with Crippen molar-refractivity contribution >= 4 is 11.7 Å². The highest BCUT2D eigenvalue weighted by Gasteiger charge is 1.99. The molecular weight excluding hydrogens is 144 g/mol. The number of carbonyl (C=O) groups excluding carboxylic acids is 2. The lowest BCUT2D eigenvalue weighted by Crippen LogP contribution is -2.13. The van der Waals surface area contributed by atoms with Crippen LogP contribution in [0, 0.1) is 0 Å². The molecule has 0 fully saturated rings. The van der Waals surface area contributed by atoms with E-state index in [9.17, 15) is 9.59 Å². The molecule has 0 atom stereocenters. The Morgan fingerprint density at radius 2 is 1.64 bits per heavy atom. The van der Waals surface area contributed by atoms with E-state index in [1.54, 1.807) is 0 Å². The Labute approximate surface area is 65.9 Å². The fourth-order valence-electron chi connectivity index (χ4n) is 0.723. The summed E-state index contributed by atoms with van der Waals surface area (Å²) in [6.45, 7) is 0.0938. The zero-order valence-corrected chi connectivity index (χ0v) is 6.51. The van der Waals surface area contributed by atoms with Gasteiger partial charge in [-0.1, -0.05) is 0 Å². The Morgan fingerprint density at radius 3 is 2.09 bits per heavy atom. The van der Waals surface area contributed by atoms with Crippen molar-refractivity contribution < 1.29 is 9.59 Å². The molecule has 64 valence electrons. The highest BCUT2D eigenvalue weighted by atomic mass is 16.1. The molecule has 4 nitrogen and oxygen atoms in total. The van der Waals surface area contributed by atoms with Crippen LogP contribution in [0.2, 0.25) is 0 Å². The van der Waals surface area contributed by atoms with Crippen LogP contribution in [-0.4, -0.2) is 18.2 Å². The highest BCUT2D eigenvalue weighted by Crippen LogP contribution is 1.98. The van der Waals surface area contributed by atoms with Gasteiger partial charge >= 0.3 is 0 Å². The van der Waals surface area contributed by atoms with Gasteiger partial charge in [-0.3, -0.25) is 9.59 Å². The van der Waals surface area contributed by atoms with Gasteiger partial charge in [-0.15, -0.1) is 0 Å². The summed E-state index contributed by atoms with van der Waals surface area (Å²) in [4.78, 5) is 20.8. The molecule has 0 spiro atoms. The second-order valence-corrected chi connectivity index (χ2v) is 2.42. The summed E-state index contributed by atoms with van der Waals surface area (Å²) in [6, 6.07) is 0. The molecule has 0 aliphatic rings. The molecule has 0 aromatic rings. The van der Waals surface area contributed by atoms with E-state index in [1.807, 2.05) is 0 Å². The van der Waals surface area contributed by atoms with Crippen molar-refractivity contribution in [2.75, 3.05) is 6.54 Å². The molecule has 0 rings (SSSR count). The van der Waals surface area contributed by atoms with E-state index in [2.05, 4.69) is 0 Å². The van der Waals surface area contributed by atoms with E-state index >= 15 is 0 Å². The van der Waals surface area contributed by atoms with Crippen LogP contribution >= 0.6 is 0 Å². The third-order valence-electron chi connectivity index (χ3n) is 1.36. The first-order chi connectivity index (χ1) is 5.16. The van der Waals surface area contributed by atoms with Gasteiger partial charge in [0.2, 0.25) is 5.91 Å². The minimum atomic E-state index is -0.315. The van der Waals surface area contributed by atoms with E-state index in [4.69, 9.17) is 11.5 Å². The van der Waals surface area contributed by atoms with Gasteiger partial charge in [0.25, 0.3) is 0 Å². The van der Waals surface area contributed by atoms with E-state index in [0.29, 0.717) is 25.7 Å². The predicted octanol–water partition coefficient (Wildman–Crippen LogP) is -0.440. The maximum absolute atomic E-state index is 10.6. The van der Waals surface area contributed by atoms with Crippen LogP contribution in [0.3, 0.4) is 0 Å². The highest BCUT2D eigenvalue weighted by molar-refractivity contribution is 5.80. The molecule has 0 aliphatic carbocycles. The van der Waals surface area contributed by atoms with E-state index in [0.717, 1.165) is 0 Å². The van der Waals surface area contributed by atoms with E-state index < -0.39 is 0 Å². The van der Waals surface area contributed by atoms with Crippen LogP contribution in [-0.2, 0) is 9.59 Å². The topological polar surface area (TPSA) is 86.2 Å². The number of amides is 1. The van der Waals surface area contributed by atoms with Crippen LogP contribution in [0.5, 0.6) is 0 Å². The number of unbranched alkanes of at least 4 members (excludes halogenated alkanes) is 1. The quantitative estimate of drug-likeness (QED) is 0.514. The van der Waals surface area contributed by atoms with Crippen molar-refractivity contribution in [3.8, 4) is 0 Å². The van der Waals surface area contributed by atoms with Crippen molar-refractivity contribution in [3.05, 3.63) is 0 Å². The third kappa shape index (κ3) is 6.99. The van der Waals surface area contributed by atoms with Gasteiger partial charge in [-0.25, -0.2) is 0 Å². The molecular formula is C7H14N2O2. The molecule has 4 N–H and O–H groups in total. The molecule has 11 heavy (non-hydrogen) atoms. The minimum Gasteiger partial charge on any atom is -0.370 e. The van der Waals surface area contributed by atoms with Gasteiger partial charge in [0.15, 0.2) is 0 Å². The first-order valence-electron chi connectivity index (χ1n) is 3.67. The zero-order chi connectivity index (χ0) is 8.69. The lowest BCUT2D eigenvalue weighted by atomic mass is 10.1. The van der Waals surface area contributed by atoms with Gasteiger partial charge < -0.3 is 11.5 Å². The number of hydrogen-bond donors (Lipinski definition) is 2. The van der Waals surface area contributed by atoms with Crippen molar-refractivity contribution in [1.82, 2.24) is 0 Å². The summed E-state index contributed by atoms with van der Waals surface area (Å²) in [5, 5.41) is 0. The summed E-state index contributed by atoms with van der Waals surface area (Å²) >= 11 is 0. The second-order valence-electron chi connectivity index (χ2n) is 2.42. The Balaban J connectivity index is 3.14. The summed E-state index contributed by atoms with van der Waals surface area (Å²) in [5.41, 5.74) is 9.97. The monoisotopic (exact) mass is 158 g/mol. The van der Waals surface area contributed by atoms with Crippen LogP contribution < -0.4 is 11.5 Å². The Kier molecular flexibility index (Phi) is 5.37. The first-order valence-corrected chi connectivity index (χ1v) is 3.67. The van der Waals surface area contributed by atoms with Gasteiger partial charge in [0.05, 0.1) is 6.54 Å². The number of rotatable bonds is 6. The van der Waals surface area contributed by atoms with Crippen LogP contribution in [0.25, 0.3) is 0 Å². The van der Waals surface area contributed by atoms with Crippen molar-refractivity contribution in [2.24, 2.45) is 11.5 Å². The van der Waals surface area contributed by atoms with Gasteiger partial charge in [0.1, 0.15) is 5.78 Å². The zero-order valence-electron chi connectivity index (χ0n) is 6.51. The Bertz CT molecular complexity index is 145. The normalized spacial score (nSPS) is 9.55.